The van der Waals surface area contributed by atoms with Gasteiger partial charge < -0.3 is 5.32 Å². The van der Waals surface area contributed by atoms with Gasteiger partial charge in [0.05, 0.1) is 22.4 Å². The number of nitrogens with zero attached hydrogens (tertiary/aromatic N) is 2. The molecule has 0 aromatic carbocycles. The number of thioether (sulfide) groups is 1. The molecule has 0 saturated heterocycles. The molecule has 21 heavy (non-hydrogen) atoms. The predicted octanol–water partition coefficient (Wildman–Crippen LogP) is 4.94. The monoisotopic (exact) mass is 373 g/mol. The van der Waals surface area contributed by atoms with Crippen LogP contribution in [0.25, 0.3) is 0 Å². The molecule has 1 fully saturated rings. The van der Waals surface area contributed by atoms with E-state index in [9.17, 15) is 0 Å². The van der Waals surface area contributed by atoms with E-state index in [2.05, 4.69) is 63.6 Å². The summed E-state index contributed by atoms with van der Waals surface area (Å²) in [4.78, 5) is 0. The highest BCUT2D eigenvalue weighted by molar-refractivity contribution is 9.10. The molecule has 120 valence electrons. The molecule has 1 unspecified atom stereocenters. The van der Waals surface area contributed by atoms with Crippen LogP contribution in [0.3, 0.4) is 0 Å². The quantitative estimate of drug-likeness (QED) is 0.733. The SMILES string of the molecule is CCNC(CSC1CCCCC1)c1c(Br)cnn1C(C)C. The summed E-state index contributed by atoms with van der Waals surface area (Å²) in [5.74, 6) is 1.13. The number of hydrogen-bond donors (Lipinski definition) is 1. The van der Waals surface area contributed by atoms with E-state index >= 15 is 0 Å². The van der Waals surface area contributed by atoms with E-state index < -0.39 is 0 Å². The van der Waals surface area contributed by atoms with E-state index in [4.69, 9.17) is 0 Å². The van der Waals surface area contributed by atoms with Crippen LogP contribution in [-0.2, 0) is 0 Å². The summed E-state index contributed by atoms with van der Waals surface area (Å²) in [6.07, 6.45) is 8.99. The highest BCUT2D eigenvalue weighted by Crippen LogP contribution is 2.33. The van der Waals surface area contributed by atoms with Crippen LogP contribution in [0.5, 0.6) is 0 Å². The number of rotatable bonds is 7. The van der Waals surface area contributed by atoms with Gasteiger partial charge in [-0.05, 0) is 49.2 Å². The summed E-state index contributed by atoms with van der Waals surface area (Å²) in [5, 5.41) is 9.04. The smallest absolute Gasteiger partial charge is 0.0707 e. The van der Waals surface area contributed by atoms with Gasteiger partial charge >= 0.3 is 0 Å². The van der Waals surface area contributed by atoms with Gasteiger partial charge in [-0.15, -0.1) is 0 Å². The van der Waals surface area contributed by atoms with Crippen LogP contribution in [0.1, 0.15) is 70.7 Å². The van der Waals surface area contributed by atoms with E-state index in [0.29, 0.717) is 12.1 Å². The Morgan fingerprint density at radius 1 is 1.38 bits per heavy atom. The number of halogens is 1. The fourth-order valence-corrected chi connectivity index (χ4v) is 4.99. The third-order valence-corrected chi connectivity index (χ3v) is 6.19. The molecule has 0 spiro atoms. The van der Waals surface area contributed by atoms with Gasteiger partial charge in [-0.25, -0.2) is 0 Å². The maximum atomic E-state index is 4.53. The van der Waals surface area contributed by atoms with Crippen molar-refractivity contribution in [3.63, 3.8) is 0 Å². The first-order valence-corrected chi connectivity index (χ1v) is 10.1. The first-order valence-electron chi connectivity index (χ1n) is 8.21. The second kappa shape index (κ2) is 8.59. The molecule has 0 radical (unpaired) electrons. The van der Waals surface area contributed by atoms with Crippen molar-refractivity contribution < 1.29 is 0 Å². The lowest BCUT2D eigenvalue weighted by molar-refractivity contribution is 0.465. The topological polar surface area (TPSA) is 29.9 Å². The fourth-order valence-electron chi connectivity index (χ4n) is 3.03. The minimum absolute atomic E-state index is 0.376. The van der Waals surface area contributed by atoms with Crippen molar-refractivity contribution in [1.29, 1.82) is 0 Å². The number of aromatic nitrogens is 2. The molecule has 1 saturated carbocycles. The van der Waals surface area contributed by atoms with Gasteiger partial charge in [-0.2, -0.15) is 16.9 Å². The van der Waals surface area contributed by atoms with Gasteiger partial charge in [0.1, 0.15) is 0 Å². The standard InChI is InChI=1S/C16H28BrN3S/c1-4-18-15(11-21-13-8-6-5-7-9-13)16-14(17)10-19-20(16)12(2)3/h10,12-13,15,18H,4-9,11H2,1-3H3. The molecule has 0 aliphatic heterocycles. The van der Waals surface area contributed by atoms with Crippen LogP contribution in [-0.4, -0.2) is 27.3 Å². The van der Waals surface area contributed by atoms with Crippen LogP contribution in [0.2, 0.25) is 0 Å². The summed E-state index contributed by atoms with van der Waals surface area (Å²) >= 11 is 5.84. The van der Waals surface area contributed by atoms with Crippen LogP contribution in [0.15, 0.2) is 10.7 Å². The van der Waals surface area contributed by atoms with E-state index in [1.54, 1.807) is 0 Å². The first kappa shape index (κ1) is 17.4. The van der Waals surface area contributed by atoms with E-state index in [0.717, 1.165) is 22.0 Å². The molecule has 1 aromatic rings. The molecule has 5 heteroatoms. The van der Waals surface area contributed by atoms with Crippen molar-refractivity contribution in [2.75, 3.05) is 12.3 Å². The Bertz CT molecular complexity index is 427. The Balaban J connectivity index is 2.05. The van der Waals surface area contributed by atoms with Crippen molar-refractivity contribution in [3.8, 4) is 0 Å². The third kappa shape index (κ3) is 4.73. The molecule has 1 aromatic heterocycles. The van der Waals surface area contributed by atoms with Gasteiger partial charge in [-0.1, -0.05) is 26.2 Å². The predicted molar refractivity (Wildman–Crippen MR) is 96.1 cm³/mol. The minimum atomic E-state index is 0.376. The average molecular weight is 374 g/mol. The van der Waals surface area contributed by atoms with Crippen LogP contribution < -0.4 is 5.32 Å². The summed E-state index contributed by atoms with van der Waals surface area (Å²) < 4.78 is 3.28. The fraction of sp³-hybridized carbons (Fsp3) is 0.812. The molecule has 2 rings (SSSR count). The molecule has 0 amide bonds. The van der Waals surface area contributed by atoms with Gasteiger partial charge in [0.2, 0.25) is 0 Å². The highest BCUT2D eigenvalue weighted by atomic mass is 79.9. The van der Waals surface area contributed by atoms with E-state index in [-0.39, 0.29) is 0 Å². The molecule has 3 nitrogen and oxygen atoms in total. The van der Waals surface area contributed by atoms with Crippen molar-refractivity contribution in [3.05, 3.63) is 16.4 Å². The van der Waals surface area contributed by atoms with Crippen LogP contribution >= 0.6 is 27.7 Å². The largest absolute Gasteiger partial charge is 0.308 e. The lowest BCUT2D eigenvalue weighted by Gasteiger charge is -2.26. The zero-order valence-electron chi connectivity index (χ0n) is 13.4. The molecule has 1 N–H and O–H groups in total. The molecule has 1 atom stereocenters. The second-order valence-corrected chi connectivity index (χ2v) is 8.31. The summed E-state index contributed by atoms with van der Waals surface area (Å²) in [5.41, 5.74) is 1.30. The van der Waals surface area contributed by atoms with E-state index in [1.807, 2.05) is 6.20 Å². The van der Waals surface area contributed by atoms with Crippen molar-refractivity contribution in [2.24, 2.45) is 0 Å². The van der Waals surface area contributed by atoms with Gasteiger partial charge in [0, 0.05) is 17.0 Å². The lowest BCUT2D eigenvalue weighted by Crippen LogP contribution is -2.27. The summed E-state index contributed by atoms with van der Waals surface area (Å²) in [6, 6.07) is 0.772. The normalized spacial score (nSPS) is 18.3. The number of hydrogen-bond acceptors (Lipinski definition) is 3. The second-order valence-electron chi connectivity index (χ2n) is 6.12. The third-order valence-electron chi connectivity index (χ3n) is 4.11. The maximum absolute atomic E-state index is 4.53. The summed E-state index contributed by atoms with van der Waals surface area (Å²) in [6.45, 7) is 7.56. The average Bonchev–Trinajstić information content (AvgIpc) is 2.86. The zero-order valence-corrected chi connectivity index (χ0v) is 15.8. The van der Waals surface area contributed by atoms with Crippen molar-refractivity contribution >= 4 is 27.7 Å². The Kier molecular flexibility index (Phi) is 7.10. The van der Waals surface area contributed by atoms with Gasteiger partial charge in [0.15, 0.2) is 0 Å². The van der Waals surface area contributed by atoms with Crippen molar-refractivity contribution in [2.45, 2.75) is 70.2 Å². The number of nitrogens with one attached hydrogen (secondary N) is 1. The Hall–Kier alpha value is 0. The van der Waals surface area contributed by atoms with Crippen LogP contribution in [0, 0.1) is 0 Å². The minimum Gasteiger partial charge on any atom is -0.308 e. The molecular weight excluding hydrogens is 346 g/mol. The maximum Gasteiger partial charge on any atom is 0.0707 e. The van der Waals surface area contributed by atoms with Crippen LogP contribution in [0.4, 0.5) is 0 Å². The van der Waals surface area contributed by atoms with Gasteiger partial charge in [-0.3, -0.25) is 4.68 Å². The van der Waals surface area contributed by atoms with Gasteiger partial charge in [0.25, 0.3) is 0 Å². The molecule has 0 bridgehead atoms. The molecule has 1 heterocycles. The molecule has 1 aliphatic rings. The Morgan fingerprint density at radius 3 is 2.71 bits per heavy atom. The first-order chi connectivity index (χ1) is 10.1. The zero-order chi connectivity index (χ0) is 15.2. The summed E-state index contributed by atoms with van der Waals surface area (Å²) in [7, 11) is 0. The van der Waals surface area contributed by atoms with E-state index in [1.165, 1.54) is 37.8 Å². The Labute approximate surface area is 141 Å². The van der Waals surface area contributed by atoms with Crippen molar-refractivity contribution in [1.82, 2.24) is 15.1 Å². The Morgan fingerprint density at radius 2 is 2.10 bits per heavy atom. The lowest BCUT2D eigenvalue weighted by atomic mass is 10.0. The molecule has 1 aliphatic carbocycles. The highest BCUT2D eigenvalue weighted by Gasteiger charge is 2.23. The molecular formula is C16H28BrN3S.